The third-order valence-corrected chi connectivity index (χ3v) is 5.73. The van der Waals surface area contributed by atoms with Gasteiger partial charge in [0.25, 0.3) is 5.91 Å². The highest BCUT2D eigenvalue weighted by molar-refractivity contribution is 6.32. The summed E-state index contributed by atoms with van der Waals surface area (Å²) >= 11 is 6.24. The summed E-state index contributed by atoms with van der Waals surface area (Å²) in [6.07, 6.45) is 0.939. The molecule has 150 valence electrons. The highest BCUT2D eigenvalue weighted by atomic mass is 35.5. The zero-order chi connectivity index (χ0) is 21.1. The number of Topliss-reactive ketones (excluding diaryl/α,β-unsaturated/α-hetero) is 1. The minimum atomic E-state index is -0.0899. The maximum Gasteiger partial charge on any atom is 0.256 e. The summed E-state index contributed by atoms with van der Waals surface area (Å²) in [6.45, 7) is 1.97. The summed E-state index contributed by atoms with van der Waals surface area (Å²) in [5.41, 5.74) is 5.10. The molecule has 0 aromatic heterocycles. The van der Waals surface area contributed by atoms with Crippen LogP contribution < -0.4 is 5.32 Å². The van der Waals surface area contributed by atoms with Crippen LogP contribution in [-0.2, 0) is 4.79 Å². The van der Waals surface area contributed by atoms with E-state index >= 15 is 0 Å². The van der Waals surface area contributed by atoms with Gasteiger partial charge in [-0.1, -0.05) is 77.8 Å². The first-order valence-electron chi connectivity index (χ1n) is 9.97. The van der Waals surface area contributed by atoms with Gasteiger partial charge in [-0.05, 0) is 43.0 Å². The lowest BCUT2D eigenvalue weighted by molar-refractivity contribution is -0.110. The minimum absolute atomic E-state index is 0.0784. The van der Waals surface area contributed by atoms with E-state index in [-0.39, 0.29) is 17.6 Å². The smallest absolute Gasteiger partial charge is 0.256 e. The summed E-state index contributed by atoms with van der Waals surface area (Å²) in [5.74, 6) is -0.0907. The Kier molecular flexibility index (Phi) is 5.82. The van der Waals surface area contributed by atoms with Crippen LogP contribution in [0.25, 0.3) is 5.57 Å². The Morgan fingerprint density at radius 2 is 1.67 bits per heavy atom. The lowest BCUT2D eigenvalue weighted by Gasteiger charge is -2.19. The van der Waals surface area contributed by atoms with Crippen LogP contribution >= 0.6 is 11.6 Å². The van der Waals surface area contributed by atoms with Crippen molar-refractivity contribution in [2.75, 3.05) is 5.32 Å². The first kappa shape index (κ1) is 20.1. The van der Waals surface area contributed by atoms with Crippen molar-refractivity contribution in [1.29, 1.82) is 0 Å². The standard InChI is InChI=1S/C26H22ClNO2/c1-17(25-22-12-5-6-13-23(22)28-26(25)30)14-20(19-10-7-11-21(27)15-19)16-24(29)18-8-3-2-4-9-18/h2-13,15,20H,14,16H2,1H3,(H,28,30)/b25-17-/t20-/m1/s1. The van der Waals surface area contributed by atoms with Crippen molar-refractivity contribution in [3.63, 3.8) is 0 Å². The van der Waals surface area contributed by atoms with Gasteiger partial charge in [0.1, 0.15) is 0 Å². The van der Waals surface area contributed by atoms with Gasteiger partial charge < -0.3 is 5.32 Å². The van der Waals surface area contributed by atoms with Crippen LogP contribution in [0.3, 0.4) is 0 Å². The number of anilines is 1. The molecule has 0 unspecified atom stereocenters. The van der Waals surface area contributed by atoms with Crippen molar-refractivity contribution < 1.29 is 9.59 Å². The molecule has 1 heterocycles. The molecular formula is C26H22ClNO2. The number of para-hydroxylation sites is 1. The molecule has 1 amide bonds. The van der Waals surface area contributed by atoms with Gasteiger partial charge in [0, 0.05) is 33.8 Å². The number of hydrogen-bond acceptors (Lipinski definition) is 2. The van der Waals surface area contributed by atoms with E-state index in [9.17, 15) is 9.59 Å². The predicted molar refractivity (Wildman–Crippen MR) is 122 cm³/mol. The SMILES string of the molecule is C/C(C[C@H](CC(=O)c1ccccc1)c1cccc(Cl)c1)=C1/C(=O)Nc2ccccc21. The highest BCUT2D eigenvalue weighted by Crippen LogP contribution is 2.38. The molecule has 4 rings (SSSR count). The number of benzene rings is 3. The number of allylic oxidation sites excluding steroid dienone is 1. The summed E-state index contributed by atoms with van der Waals surface area (Å²) in [4.78, 5) is 25.6. The lowest BCUT2D eigenvalue weighted by atomic mass is 9.85. The van der Waals surface area contributed by atoms with Crippen LogP contribution in [0.2, 0.25) is 5.02 Å². The van der Waals surface area contributed by atoms with Crippen LogP contribution in [0.4, 0.5) is 5.69 Å². The van der Waals surface area contributed by atoms with E-state index in [0.29, 0.717) is 29.0 Å². The van der Waals surface area contributed by atoms with Crippen LogP contribution in [0.1, 0.15) is 47.2 Å². The number of fused-ring (bicyclic) bond motifs is 1. The van der Waals surface area contributed by atoms with Crippen LogP contribution in [0.15, 0.2) is 84.4 Å². The van der Waals surface area contributed by atoms with Crippen molar-refractivity contribution in [3.8, 4) is 0 Å². The van der Waals surface area contributed by atoms with E-state index in [4.69, 9.17) is 11.6 Å². The molecule has 0 bridgehead atoms. The fourth-order valence-corrected chi connectivity index (χ4v) is 4.25. The average Bonchev–Trinajstić information content (AvgIpc) is 3.09. The molecule has 0 aliphatic carbocycles. The number of hydrogen-bond donors (Lipinski definition) is 1. The largest absolute Gasteiger partial charge is 0.321 e. The number of amides is 1. The lowest BCUT2D eigenvalue weighted by Crippen LogP contribution is -2.11. The van der Waals surface area contributed by atoms with Crippen LogP contribution in [0, 0.1) is 0 Å². The Labute approximate surface area is 181 Å². The third-order valence-electron chi connectivity index (χ3n) is 5.50. The van der Waals surface area contributed by atoms with E-state index in [2.05, 4.69) is 5.32 Å². The maximum absolute atomic E-state index is 13.0. The summed E-state index contributed by atoms with van der Waals surface area (Å²) in [5, 5.41) is 3.57. The molecule has 0 spiro atoms. The molecule has 1 aliphatic heterocycles. The zero-order valence-electron chi connectivity index (χ0n) is 16.7. The quantitative estimate of drug-likeness (QED) is 0.368. The topological polar surface area (TPSA) is 46.2 Å². The number of carbonyl (C=O) groups excluding carboxylic acids is 2. The Bertz CT molecular complexity index is 1130. The fraction of sp³-hybridized carbons (Fsp3) is 0.154. The monoisotopic (exact) mass is 415 g/mol. The van der Waals surface area contributed by atoms with E-state index in [1.165, 1.54) is 0 Å². The molecule has 0 saturated heterocycles. The Morgan fingerprint density at radius 3 is 2.43 bits per heavy atom. The molecule has 1 N–H and O–H groups in total. The van der Waals surface area contributed by atoms with Crippen molar-refractivity contribution >= 4 is 34.6 Å². The van der Waals surface area contributed by atoms with E-state index in [1.54, 1.807) is 0 Å². The summed E-state index contributed by atoms with van der Waals surface area (Å²) in [6, 6.07) is 24.6. The first-order valence-corrected chi connectivity index (χ1v) is 10.3. The maximum atomic E-state index is 13.0. The Balaban J connectivity index is 1.68. The van der Waals surface area contributed by atoms with Gasteiger partial charge >= 0.3 is 0 Å². The van der Waals surface area contributed by atoms with Gasteiger partial charge in [0.05, 0.1) is 0 Å². The molecule has 30 heavy (non-hydrogen) atoms. The molecule has 3 aromatic rings. The van der Waals surface area contributed by atoms with Gasteiger partial charge in [-0.25, -0.2) is 0 Å². The predicted octanol–water partition coefficient (Wildman–Crippen LogP) is 6.51. The van der Waals surface area contributed by atoms with Crippen molar-refractivity contribution in [2.24, 2.45) is 0 Å². The number of carbonyl (C=O) groups is 2. The number of ketones is 1. The normalized spacial score (nSPS) is 15.3. The zero-order valence-corrected chi connectivity index (χ0v) is 17.4. The van der Waals surface area contributed by atoms with Crippen molar-refractivity contribution in [1.82, 2.24) is 0 Å². The molecule has 3 nitrogen and oxygen atoms in total. The molecule has 4 heteroatoms. The summed E-state index contributed by atoms with van der Waals surface area (Å²) in [7, 11) is 0. The van der Waals surface area contributed by atoms with Gasteiger partial charge in [0.2, 0.25) is 0 Å². The molecule has 3 aromatic carbocycles. The third kappa shape index (κ3) is 4.22. The van der Waals surface area contributed by atoms with Crippen LogP contribution in [-0.4, -0.2) is 11.7 Å². The highest BCUT2D eigenvalue weighted by Gasteiger charge is 2.27. The molecule has 0 saturated carbocycles. The average molecular weight is 416 g/mol. The second-order valence-corrected chi connectivity index (χ2v) is 8.04. The van der Waals surface area contributed by atoms with Gasteiger partial charge in [0.15, 0.2) is 5.78 Å². The van der Waals surface area contributed by atoms with Crippen molar-refractivity contribution in [2.45, 2.75) is 25.7 Å². The van der Waals surface area contributed by atoms with Gasteiger partial charge in [-0.2, -0.15) is 0 Å². The molecular weight excluding hydrogens is 394 g/mol. The van der Waals surface area contributed by atoms with E-state index in [1.807, 2.05) is 85.8 Å². The number of halogens is 1. The first-order chi connectivity index (χ1) is 14.5. The fourth-order valence-electron chi connectivity index (χ4n) is 4.05. The summed E-state index contributed by atoms with van der Waals surface area (Å²) < 4.78 is 0. The van der Waals surface area contributed by atoms with E-state index in [0.717, 1.165) is 22.4 Å². The minimum Gasteiger partial charge on any atom is -0.321 e. The molecule has 0 fully saturated rings. The number of nitrogens with one attached hydrogen (secondary N) is 1. The molecule has 1 aliphatic rings. The van der Waals surface area contributed by atoms with E-state index < -0.39 is 0 Å². The number of rotatable bonds is 6. The second-order valence-electron chi connectivity index (χ2n) is 7.60. The van der Waals surface area contributed by atoms with Crippen molar-refractivity contribution in [3.05, 3.63) is 106 Å². The van der Waals surface area contributed by atoms with Crippen LogP contribution in [0.5, 0.6) is 0 Å². The van der Waals surface area contributed by atoms with Gasteiger partial charge in [-0.3, -0.25) is 9.59 Å². The Morgan fingerprint density at radius 1 is 0.933 bits per heavy atom. The second kappa shape index (κ2) is 8.68. The Hall–Kier alpha value is -3.17. The molecule has 1 atom stereocenters. The van der Waals surface area contributed by atoms with Gasteiger partial charge in [-0.15, -0.1) is 0 Å². The molecule has 0 radical (unpaired) electrons.